The monoisotopic (exact) mass is 295 g/mol. The number of alkyl halides is 1. The number of aliphatic imine (C=N–C) groups is 1. The van der Waals surface area contributed by atoms with E-state index in [9.17, 15) is 4.39 Å². The van der Waals surface area contributed by atoms with Gasteiger partial charge in [0.25, 0.3) is 0 Å². The lowest BCUT2D eigenvalue weighted by Crippen LogP contribution is -2.36. The number of rotatable bonds is 5. The van der Waals surface area contributed by atoms with Crippen LogP contribution in [0.3, 0.4) is 0 Å². The number of nitrogens with two attached hydrogens (primary N) is 1. The lowest BCUT2D eigenvalue weighted by atomic mass is 9.82. The summed E-state index contributed by atoms with van der Waals surface area (Å²) in [6.45, 7) is 1.16. The van der Waals surface area contributed by atoms with Crippen molar-refractivity contribution < 1.29 is 13.9 Å². The highest BCUT2D eigenvalue weighted by molar-refractivity contribution is 5.92. The van der Waals surface area contributed by atoms with Gasteiger partial charge in [-0.05, 0) is 37.1 Å². The first-order valence-electron chi connectivity index (χ1n) is 7.02. The van der Waals surface area contributed by atoms with E-state index in [0.29, 0.717) is 38.6 Å². The number of halogens is 1. The van der Waals surface area contributed by atoms with Crippen molar-refractivity contribution in [2.24, 2.45) is 16.1 Å². The van der Waals surface area contributed by atoms with E-state index in [1.807, 2.05) is 24.3 Å². The molecule has 5 nitrogen and oxygen atoms in total. The Morgan fingerprint density at radius 1 is 1.38 bits per heavy atom. The predicted octanol–water partition coefficient (Wildman–Crippen LogP) is 2.19. The van der Waals surface area contributed by atoms with Crippen LogP contribution >= 0.6 is 0 Å². The Bertz CT molecular complexity index is 470. The van der Waals surface area contributed by atoms with Crippen molar-refractivity contribution in [3.8, 4) is 5.75 Å². The molecular weight excluding hydrogens is 273 g/mol. The van der Waals surface area contributed by atoms with E-state index < -0.39 is 12.1 Å². The van der Waals surface area contributed by atoms with Gasteiger partial charge in [-0.1, -0.05) is 0 Å². The highest BCUT2D eigenvalue weighted by Crippen LogP contribution is 2.31. The van der Waals surface area contributed by atoms with Gasteiger partial charge in [0.15, 0.2) is 5.96 Å². The SMILES string of the molecule is COc1ccc(NC(N)=NCC2(CF)CCOCC2)cc1. The van der Waals surface area contributed by atoms with Crippen LogP contribution in [0.4, 0.5) is 10.1 Å². The fraction of sp³-hybridized carbons (Fsp3) is 0.533. The maximum Gasteiger partial charge on any atom is 0.193 e. The van der Waals surface area contributed by atoms with E-state index in [0.717, 1.165) is 11.4 Å². The number of benzene rings is 1. The molecule has 1 saturated heterocycles. The largest absolute Gasteiger partial charge is 0.497 e. The minimum atomic E-state index is -0.426. The number of methoxy groups -OCH3 is 1. The molecule has 0 aromatic heterocycles. The molecule has 2 rings (SSSR count). The highest BCUT2D eigenvalue weighted by atomic mass is 19.1. The van der Waals surface area contributed by atoms with Gasteiger partial charge in [0, 0.05) is 24.3 Å². The summed E-state index contributed by atoms with van der Waals surface area (Å²) in [4.78, 5) is 4.29. The minimum Gasteiger partial charge on any atom is -0.497 e. The van der Waals surface area contributed by atoms with Gasteiger partial charge < -0.3 is 20.5 Å². The predicted molar refractivity (Wildman–Crippen MR) is 81.6 cm³/mol. The van der Waals surface area contributed by atoms with Crippen molar-refractivity contribution in [3.63, 3.8) is 0 Å². The zero-order valence-electron chi connectivity index (χ0n) is 12.3. The fourth-order valence-electron chi connectivity index (χ4n) is 2.25. The van der Waals surface area contributed by atoms with Gasteiger partial charge in [-0.3, -0.25) is 9.38 Å². The van der Waals surface area contributed by atoms with Crippen LogP contribution in [0.1, 0.15) is 12.8 Å². The molecule has 0 bridgehead atoms. The Kier molecular flexibility index (Phi) is 5.38. The lowest BCUT2D eigenvalue weighted by Gasteiger charge is -2.33. The van der Waals surface area contributed by atoms with E-state index in [-0.39, 0.29) is 0 Å². The third-order valence-electron chi connectivity index (χ3n) is 3.78. The van der Waals surface area contributed by atoms with Crippen LogP contribution in [0, 0.1) is 5.41 Å². The zero-order chi connectivity index (χ0) is 15.1. The van der Waals surface area contributed by atoms with Crippen LogP contribution < -0.4 is 15.8 Å². The van der Waals surface area contributed by atoms with E-state index in [1.54, 1.807) is 7.11 Å². The van der Waals surface area contributed by atoms with Gasteiger partial charge in [0.1, 0.15) is 5.75 Å². The Labute approximate surface area is 124 Å². The summed E-state index contributed by atoms with van der Waals surface area (Å²) in [5.74, 6) is 1.06. The molecule has 0 amide bonds. The molecule has 0 unspecified atom stereocenters. The second kappa shape index (κ2) is 7.26. The number of hydrogen-bond donors (Lipinski definition) is 2. The van der Waals surface area contributed by atoms with Gasteiger partial charge in [-0.25, -0.2) is 0 Å². The zero-order valence-corrected chi connectivity index (χ0v) is 12.3. The van der Waals surface area contributed by atoms with Gasteiger partial charge in [-0.2, -0.15) is 0 Å². The van der Waals surface area contributed by atoms with E-state index >= 15 is 0 Å². The molecule has 1 fully saturated rings. The second-order valence-electron chi connectivity index (χ2n) is 5.30. The summed E-state index contributed by atoms with van der Waals surface area (Å²) in [6.07, 6.45) is 1.37. The van der Waals surface area contributed by atoms with Crippen molar-refractivity contribution in [1.29, 1.82) is 0 Å². The van der Waals surface area contributed by atoms with Crippen molar-refractivity contribution in [2.75, 3.05) is 38.9 Å². The van der Waals surface area contributed by atoms with Gasteiger partial charge in [-0.15, -0.1) is 0 Å². The van der Waals surface area contributed by atoms with Crippen molar-refractivity contribution >= 4 is 11.6 Å². The smallest absolute Gasteiger partial charge is 0.193 e. The maximum absolute atomic E-state index is 13.3. The molecule has 0 atom stereocenters. The molecule has 1 aliphatic rings. The molecule has 1 aromatic carbocycles. The molecule has 1 aliphatic heterocycles. The number of hydrogen-bond acceptors (Lipinski definition) is 3. The second-order valence-corrected chi connectivity index (χ2v) is 5.30. The topological polar surface area (TPSA) is 68.9 Å². The number of nitrogens with one attached hydrogen (secondary N) is 1. The fourth-order valence-corrected chi connectivity index (χ4v) is 2.25. The third kappa shape index (κ3) is 4.32. The molecule has 3 N–H and O–H groups in total. The summed E-state index contributed by atoms with van der Waals surface area (Å²) >= 11 is 0. The number of nitrogens with zero attached hydrogens (tertiary/aromatic N) is 1. The number of ether oxygens (including phenoxy) is 2. The standard InChI is InChI=1S/C15H22FN3O2/c1-20-13-4-2-12(3-5-13)19-14(17)18-11-15(10-16)6-8-21-9-7-15/h2-5H,6-11H2,1H3,(H3,17,18,19). The average molecular weight is 295 g/mol. The molecule has 0 radical (unpaired) electrons. The lowest BCUT2D eigenvalue weighted by molar-refractivity contribution is 0.00696. The quantitative estimate of drug-likeness (QED) is 0.645. The van der Waals surface area contributed by atoms with E-state index in [1.165, 1.54) is 0 Å². The summed E-state index contributed by atoms with van der Waals surface area (Å²) in [6, 6.07) is 7.36. The molecule has 1 aromatic rings. The van der Waals surface area contributed by atoms with E-state index in [4.69, 9.17) is 15.2 Å². The van der Waals surface area contributed by atoms with Gasteiger partial charge in [0.2, 0.25) is 0 Å². The molecule has 0 aliphatic carbocycles. The Morgan fingerprint density at radius 3 is 2.62 bits per heavy atom. The first-order chi connectivity index (χ1) is 10.2. The van der Waals surface area contributed by atoms with Crippen molar-refractivity contribution in [2.45, 2.75) is 12.8 Å². The molecule has 21 heavy (non-hydrogen) atoms. The first-order valence-corrected chi connectivity index (χ1v) is 7.02. The minimum absolute atomic E-state index is 0.291. The Morgan fingerprint density at radius 2 is 2.05 bits per heavy atom. The molecule has 6 heteroatoms. The summed E-state index contributed by atoms with van der Waals surface area (Å²) in [5.41, 5.74) is 6.25. The first kappa shape index (κ1) is 15.6. The van der Waals surface area contributed by atoms with Gasteiger partial charge >= 0.3 is 0 Å². The summed E-state index contributed by atoms with van der Waals surface area (Å²) < 4.78 is 23.7. The maximum atomic E-state index is 13.3. The molecule has 1 heterocycles. The Hall–Kier alpha value is -1.82. The average Bonchev–Trinajstić information content (AvgIpc) is 2.54. The van der Waals surface area contributed by atoms with Crippen LogP contribution in [0.5, 0.6) is 5.75 Å². The Balaban J connectivity index is 1.93. The third-order valence-corrected chi connectivity index (χ3v) is 3.78. The van der Waals surface area contributed by atoms with Crippen molar-refractivity contribution in [1.82, 2.24) is 0 Å². The number of guanidine groups is 1. The van der Waals surface area contributed by atoms with Crippen LogP contribution in [0.2, 0.25) is 0 Å². The summed E-state index contributed by atoms with van der Waals surface area (Å²) in [7, 11) is 1.61. The normalized spacial score (nSPS) is 18.3. The molecule has 0 saturated carbocycles. The summed E-state index contributed by atoms with van der Waals surface area (Å²) in [5, 5.41) is 2.99. The molecule has 116 valence electrons. The molecular formula is C15H22FN3O2. The number of anilines is 1. The van der Waals surface area contributed by atoms with Crippen LogP contribution in [-0.4, -0.2) is 39.5 Å². The van der Waals surface area contributed by atoms with Gasteiger partial charge in [0.05, 0.1) is 20.3 Å². The van der Waals surface area contributed by atoms with Crippen LogP contribution in [-0.2, 0) is 4.74 Å². The van der Waals surface area contributed by atoms with E-state index in [2.05, 4.69) is 10.3 Å². The molecule has 0 spiro atoms. The van der Waals surface area contributed by atoms with Crippen LogP contribution in [0.15, 0.2) is 29.3 Å². The van der Waals surface area contributed by atoms with Crippen molar-refractivity contribution in [3.05, 3.63) is 24.3 Å². The van der Waals surface area contributed by atoms with Crippen LogP contribution in [0.25, 0.3) is 0 Å². The highest BCUT2D eigenvalue weighted by Gasteiger charge is 2.32.